The predicted octanol–water partition coefficient (Wildman–Crippen LogP) is 0.161. The summed E-state index contributed by atoms with van der Waals surface area (Å²) in [6.07, 6.45) is 0.996. The molecule has 0 saturated carbocycles. The van der Waals surface area contributed by atoms with Crippen LogP contribution in [-0.2, 0) is 10.0 Å². The van der Waals surface area contributed by atoms with Crippen LogP contribution in [0.25, 0.3) is 0 Å². The first-order chi connectivity index (χ1) is 7.89. The lowest BCUT2D eigenvalue weighted by Crippen LogP contribution is -2.19. The number of para-hydroxylation sites is 1. The summed E-state index contributed by atoms with van der Waals surface area (Å²) in [4.78, 5) is 0. The Balaban J connectivity index is 3.41. The van der Waals surface area contributed by atoms with E-state index in [9.17, 15) is 8.42 Å². The first-order valence-corrected chi connectivity index (χ1v) is 6.41. The average molecular weight is 259 g/mol. The summed E-state index contributed by atoms with van der Waals surface area (Å²) in [6, 6.07) is 4.66. The molecule has 0 amide bonds. The molecule has 1 aromatic carbocycles. The van der Waals surface area contributed by atoms with Crippen molar-refractivity contribution in [2.45, 2.75) is 0 Å². The zero-order valence-electron chi connectivity index (χ0n) is 9.34. The van der Waals surface area contributed by atoms with Crippen LogP contribution in [0.4, 0.5) is 5.69 Å². The number of benzene rings is 1. The van der Waals surface area contributed by atoms with Crippen molar-refractivity contribution in [3.05, 3.63) is 23.8 Å². The predicted molar refractivity (Wildman–Crippen MR) is 64.0 cm³/mol. The van der Waals surface area contributed by atoms with Gasteiger partial charge in [0.15, 0.2) is 5.84 Å². The molecule has 0 spiro atoms. The lowest BCUT2D eigenvalue weighted by molar-refractivity contribution is 0.318. The minimum Gasteiger partial charge on any atom is -0.495 e. The Bertz CT molecular complexity index is 539. The summed E-state index contributed by atoms with van der Waals surface area (Å²) in [5.41, 5.74) is 5.81. The van der Waals surface area contributed by atoms with E-state index in [0.717, 1.165) is 6.26 Å². The average Bonchev–Trinajstić information content (AvgIpc) is 2.26. The Morgan fingerprint density at radius 2 is 2.18 bits per heavy atom. The summed E-state index contributed by atoms with van der Waals surface area (Å²) in [5.74, 6) is 0.0644. The van der Waals surface area contributed by atoms with Gasteiger partial charge >= 0.3 is 0 Å². The van der Waals surface area contributed by atoms with Crippen molar-refractivity contribution in [2.75, 3.05) is 18.1 Å². The van der Waals surface area contributed by atoms with Crippen molar-refractivity contribution in [3.63, 3.8) is 0 Å². The van der Waals surface area contributed by atoms with Crippen molar-refractivity contribution in [1.29, 1.82) is 0 Å². The lowest BCUT2D eigenvalue weighted by atomic mass is 10.1. The fourth-order valence-corrected chi connectivity index (χ4v) is 1.84. The molecule has 0 unspecified atom stereocenters. The number of nitrogens with one attached hydrogen (secondary N) is 1. The van der Waals surface area contributed by atoms with Gasteiger partial charge in [-0.25, -0.2) is 8.42 Å². The van der Waals surface area contributed by atoms with Crippen LogP contribution in [-0.4, -0.2) is 32.8 Å². The molecule has 0 aliphatic rings. The van der Waals surface area contributed by atoms with Crippen molar-refractivity contribution < 1.29 is 18.4 Å². The number of hydrogen-bond acceptors (Lipinski definition) is 5. The number of amidine groups is 1. The van der Waals surface area contributed by atoms with E-state index >= 15 is 0 Å². The van der Waals surface area contributed by atoms with Gasteiger partial charge in [-0.2, -0.15) is 0 Å². The molecule has 0 bridgehead atoms. The molecule has 8 heteroatoms. The van der Waals surface area contributed by atoms with E-state index in [4.69, 9.17) is 15.7 Å². The zero-order chi connectivity index (χ0) is 13.1. The van der Waals surface area contributed by atoms with Crippen molar-refractivity contribution in [3.8, 4) is 5.75 Å². The molecule has 0 radical (unpaired) electrons. The van der Waals surface area contributed by atoms with Gasteiger partial charge in [-0.05, 0) is 12.1 Å². The Hall–Kier alpha value is -1.96. The maximum atomic E-state index is 11.2. The van der Waals surface area contributed by atoms with Crippen LogP contribution in [0.1, 0.15) is 5.56 Å². The maximum absolute atomic E-state index is 11.2. The van der Waals surface area contributed by atoms with Crippen LogP contribution in [0.2, 0.25) is 0 Å². The highest BCUT2D eigenvalue weighted by Gasteiger charge is 2.15. The Morgan fingerprint density at radius 3 is 2.65 bits per heavy atom. The van der Waals surface area contributed by atoms with Gasteiger partial charge in [0.05, 0.1) is 13.4 Å². The van der Waals surface area contributed by atoms with Gasteiger partial charge in [-0.3, -0.25) is 4.72 Å². The van der Waals surface area contributed by atoms with Crippen molar-refractivity contribution in [2.24, 2.45) is 10.9 Å². The van der Waals surface area contributed by atoms with Gasteiger partial charge in [-0.1, -0.05) is 11.2 Å². The maximum Gasteiger partial charge on any atom is 0.229 e. The monoisotopic (exact) mass is 259 g/mol. The standard InChI is InChI=1S/C9H13N3O4S/c1-16-7-5-3-4-6(9(10)11-13)8(7)12-17(2,14)15/h3-5,12-13H,1-2H3,(H2,10,11). The molecule has 0 atom stereocenters. The molecule has 94 valence electrons. The van der Waals surface area contributed by atoms with E-state index in [1.807, 2.05) is 0 Å². The van der Waals surface area contributed by atoms with E-state index in [0.29, 0.717) is 0 Å². The summed E-state index contributed by atoms with van der Waals surface area (Å²) < 4.78 is 29.7. The zero-order valence-corrected chi connectivity index (χ0v) is 10.2. The first-order valence-electron chi connectivity index (χ1n) is 4.51. The molecule has 17 heavy (non-hydrogen) atoms. The van der Waals surface area contributed by atoms with Gasteiger partial charge in [0.2, 0.25) is 10.0 Å². The Labute approximate surface area is 98.9 Å². The van der Waals surface area contributed by atoms with Crippen LogP contribution in [0.5, 0.6) is 5.75 Å². The lowest BCUT2D eigenvalue weighted by Gasteiger charge is -2.13. The third-order valence-corrected chi connectivity index (χ3v) is 2.49. The molecule has 0 aliphatic carbocycles. The summed E-state index contributed by atoms with van der Waals surface area (Å²) >= 11 is 0. The van der Waals surface area contributed by atoms with E-state index in [-0.39, 0.29) is 22.8 Å². The number of rotatable bonds is 4. The second-order valence-electron chi connectivity index (χ2n) is 3.24. The smallest absolute Gasteiger partial charge is 0.229 e. The molecule has 4 N–H and O–H groups in total. The second kappa shape index (κ2) is 4.91. The van der Waals surface area contributed by atoms with Crippen molar-refractivity contribution in [1.82, 2.24) is 0 Å². The first kappa shape index (κ1) is 13.1. The molecule has 0 aliphatic heterocycles. The Morgan fingerprint density at radius 1 is 1.53 bits per heavy atom. The normalized spacial score (nSPS) is 12.2. The summed E-state index contributed by atoms with van der Waals surface area (Å²) in [6.45, 7) is 0. The number of ether oxygens (including phenoxy) is 1. The van der Waals surface area contributed by atoms with Gasteiger partial charge in [0, 0.05) is 5.56 Å². The highest BCUT2D eigenvalue weighted by Crippen LogP contribution is 2.28. The third kappa shape index (κ3) is 3.25. The highest BCUT2D eigenvalue weighted by molar-refractivity contribution is 7.92. The fourth-order valence-electron chi connectivity index (χ4n) is 1.26. The number of hydrogen-bond donors (Lipinski definition) is 3. The topological polar surface area (TPSA) is 114 Å². The largest absolute Gasteiger partial charge is 0.495 e. The van der Waals surface area contributed by atoms with Gasteiger partial charge < -0.3 is 15.7 Å². The van der Waals surface area contributed by atoms with Crippen molar-refractivity contribution >= 4 is 21.5 Å². The molecule has 1 rings (SSSR count). The van der Waals surface area contributed by atoms with Crippen LogP contribution in [0.3, 0.4) is 0 Å². The van der Waals surface area contributed by atoms with E-state index < -0.39 is 10.0 Å². The molecule has 0 fully saturated rings. The molecule has 7 nitrogen and oxygen atoms in total. The van der Waals surface area contributed by atoms with Gasteiger partial charge in [0.1, 0.15) is 11.4 Å². The summed E-state index contributed by atoms with van der Waals surface area (Å²) in [7, 11) is -2.11. The molecule has 1 aromatic rings. The van der Waals surface area contributed by atoms with Gasteiger partial charge in [-0.15, -0.1) is 0 Å². The molecular weight excluding hydrogens is 246 g/mol. The SMILES string of the molecule is COc1cccc(/C(N)=N/O)c1NS(C)(=O)=O. The summed E-state index contributed by atoms with van der Waals surface area (Å²) in [5, 5.41) is 11.4. The van der Waals surface area contributed by atoms with E-state index in [2.05, 4.69) is 9.88 Å². The minimum atomic E-state index is -3.50. The number of nitrogens with two attached hydrogens (primary N) is 1. The molecular formula is C9H13N3O4S. The quantitative estimate of drug-likeness (QED) is 0.308. The molecule has 0 saturated heterocycles. The third-order valence-electron chi connectivity index (χ3n) is 1.92. The number of oxime groups is 1. The Kier molecular flexibility index (Phi) is 3.79. The number of anilines is 1. The number of methoxy groups -OCH3 is 1. The molecule has 0 aromatic heterocycles. The second-order valence-corrected chi connectivity index (χ2v) is 4.99. The van der Waals surface area contributed by atoms with Gasteiger partial charge in [0.25, 0.3) is 0 Å². The van der Waals surface area contributed by atoms with Crippen LogP contribution < -0.4 is 15.2 Å². The van der Waals surface area contributed by atoms with Crippen LogP contribution in [0, 0.1) is 0 Å². The number of sulfonamides is 1. The van der Waals surface area contributed by atoms with Crippen LogP contribution >= 0.6 is 0 Å². The van der Waals surface area contributed by atoms with E-state index in [1.54, 1.807) is 12.1 Å². The molecule has 0 heterocycles. The van der Waals surface area contributed by atoms with Crippen LogP contribution in [0.15, 0.2) is 23.4 Å². The minimum absolute atomic E-state index is 0.132. The fraction of sp³-hybridized carbons (Fsp3) is 0.222. The number of nitrogens with zero attached hydrogens (tertiary/aromatic N) is 1. The highest BCUT2D eigenvalue weighted by atomic mass is 32.2. The van der Waals surface area contributed by atoms with E-state index in [1.165, 1.54) is 13.2 Å².